The molecule has 5 nitrogen and oxygen atoms in total. The maximum atomic E-state index is 11.3. The monoisotopic (exact) mass is 288 g/mol. The average Bonchev–Trinajstić information content (AvgIpc) is 2.26. The molecule has 0 aliphatic heterocycles. The summed E-state index contributed by atoms with van der Waals surface area (Å²) >= 11 is 0. The molecule has 0 aliphatic carbocycles. The van der Waals surface area contributed by atoms with Gasteiger partial charge in [-0.3, -0.25) is 4.79 Å². The van der Waals surface area contributed by atoms with Crippen molar-refractivity contribution >= 4 is 16.1 Å². The molecule has 0 saturated carbocycles. The second-order valence-electron chi connectivity index (χ2n) is 4.18. The fraction of sp³-hybridized carbons (Fsp3) is 0.909. The molecule has 102 valence electrons. The van der Waals surface area contributed by atoms with Crippen LogP contribution in [-0.2, 0) is 19.6 Å². The van der Waals surface area contributed by atoms with Crippen molar-refractivity contribution in [2.75, 3.05) is 6.61 Å². The molecule has 0 rings (SSSR count). The van der Waals surface area contributed by atoms with E-state index < -0.39 is 21.3 Å². The molecule has 18 heavy (non-hydrogen) atoms. The maximum Gasteiger partial charge on any atom is 1.00 e. The van der Waals surface area contributed by atoms with Gasteiger partial charge < -0.3 is 9.29 Å². The Balaban J connectivity index is 0. The van der Waals surface area contributed by atoms with E-state index in [2.05, 4.69) is 6.92 Å². The number of unbranched alkanes of at least 4 members (excludes halogenated alkanes) is 1. The minimum absolute atomic E-state index is 0. The Morgan fingerprint density at radius 3 is 2.28 bits per heavy atom. The van der Waals surface area contributed by atoms with Gasteiger partial charge in [0.15, 0.2) is 0 Å². The van der Waals surface area contributed by atoms with Gasteiger partial charge in [-0.05, 0) is 19.3 Å². The molecule has 0 N–H and O–H groups in total. The van der Waals surface area contributed by atoms with Gasteiger partial charge in [0.05, 0.1) is 6.61 Å². The van der Waals surface area contributed by atoms with E-state index in [1.54, 1.807) is 0 Å². The van der Waals surface area contributed by atoms with Gasteiger partial charge in [0.25, 0.3) is 0 Å². The summed E-state index contributed by atoms with van der Waals surface area (Å²) in [6, 6.07) is 0. The molecule has 0 saturated heterocycles. The van der Waals surface area contributed by atoms with Crippen LogP contribution >= 0.6 is 0 Å². The van der Waals surface area contributed by atoms with E-state index in [4.69, 9.17) is 4.74 Å². The first-order valence-corrected chi connectivity index (χ1v) is 7.41. The zero-order valence-electron chi connectivity index (χ0n) is 11.6. The van der Waals surface area contributed by atoms with Crippen LogP contribution in [0.1, 0.15) is 46.5 Å². The molecule has 2 unspecified atom stereocenters. The SMILES string of the molecule is CCCCC(CC)COC(=O)C(C)S(=O)(=O)[O-].[Na+]. The minimum Gasteiger partial charge on any atom is -0.747 e. The quantitative estimate of drug-likeness (QED) is 0.314. The molecule has 7 heteroatoms. The smallest absolute Gasteiger partial charge is 0.747 e. The first-order valence-electron chi connectivity index (χ1n) is 5.94. The van der Waals surface area contributed by atoms with Crippen LogP contribution in [0, 0.1) is 5.92 Å². The summed E-state index contributed by atoms with van der Waals surface area (Å²) in [5.74, 6) is -0.713. The first-order chi connectivity index (χ1) is 7.82. The van der Waals surface area contributed by atoms with Crippen molar-refractivity contribution in [1.82, 2.24) is 0 Å². The molecule has 0 amide bonds. The number of hydrogen-bond donors (Lipinski definition) is 0. The Morgan fingerprint density at radius 1 is 1.33 bits per heavy atom. The Hall–Kier alpha value is 0.380. The fourth-order valence-corrected chi connectivity index (χ4v) is 1.64. The number of carbonyl (C=O) groups excluding carboxylic acids is 1. The van der Waals surface area contributed by atoms with E-state index in [1.165, 1.54) is 0 Å². The number of rotatable bonds is 8. The van der Waals surface area contributed by atoms with Gasteiger partial charge in [0.1, 0.15) is 15.4 Å². The molecule has 0 aromatic heterocycles. The van der Waals surface area contributed by atoms with Crippen LogP contribution in [0.3, 0.4) is 0 Å². The molecular weight excluding hydrogens is 267 g/mol. The van der Waals surface area contributed by atoms with E-state index in [1.807, 2.05) is 6.92 Å². The second-order valence-corrected chi connectivity index (χ2v) is 5.87. The Labute approximate surface area is 132 Å². The van der Waals surface area contributed by atoms with Crippen molar-refractivity contribution in [2.45, 2.75) is 51.7 Å². The van der Waals surface area contributed by atoms with E-state index in [0.717, 1.165) is 32.6 Å². The third-order valence-corrected chi connectivity index (χ3v) is 3.83. The Bertz CT molecular complexity index is 328. The van der Waals surface area contributed by atoms with E-state index in [9.17, 15) is 17.8 Å². The van der Waals surface area contributed by atoms with Crippen molar-refractivity contribution in [3.05, 3.63) is 0 Å². The van der Waals surface area contributed by atoms with Gasteiger partial charge in [0, 0.05) is 0 Å². The van der Waals surface area contributed by atoms with Gasteiger partial charge in [-0.1, -0.05) is 33.1 Å². The predicted octanol–water partition coefficient (Wildman–Crippen LogP) is -1.32. The molecule has 0 bridgehead atoms. The number of hydrogen-bond acceptors (Lipinski definition) is 5. The summed E-state index contributed by atoms with van der Waals surface area (Å²) in [4.78, 5) is 11.3. The van der Waals surface area contributed by atoms with Crippen molar-refractivity contribution in [2.24, 2.45) is 5.92 Å². The fourth-order valence-electron chi connectivity index (χ4n) is 1.33. The first kappa shape index (κ1) is 20.7. The molecule has 0 aromatic rings. The Kier molecular flexibility index (Phi) is 11.7. The van der Waals surface area contributed by atoms with Gasteiger partial charge in [-0.15, -0.1) is 0 Å². The van der Waals surface area contributed by atoms with Gasteiger partial charge >= 0.3 is 35.5 Å². The molecule has 0 aromatic carbocycles. The van der Waals surface area contributed by atoms with Crippen LogP contribution in [-0.4, -0.2) is 30.8 Å². The molecule has 0 radical (unpaired) electrons. The normalized spacial score (nSPS) is 14.4. The van der Waals surface area contributed by atoms with Crippen LogP contribution in [0.4, 0.5) is 0 Å². The summed E-state index contributed by atoms with van der Waals surface area (Å²) in [6.07, 6.45) is 3.92. The van der Waals surface area contributed by atoms with Gasteiger partial charge in [0.2, 0.25) is 0 Å². The summed E-state index contributed by atoms with van der Waals surface area (Å²) in [5.41, 5.74) is 0. The van der Waals surface area contributed by atoms with Crippen LogP contribution in [0.2, 0.25) is 0 Å². The van der Waals surface area contributed by atoms with Gasteiger partial charge in [-0.25, -0.2) is 8.42 Å². The minimum atomic E-state index is -4.60. The van der Waals surface area contributed by atoms with Crippen LogP contribution in [0.25, 0.3) is 0 Å². The standard InChI is InChI=1S/C11H22O5S.Na/c1-4-6-7-10(5-2)8-16-11(12)9(3)17(13,14)15;/h9-10H,4-8H2,1-3H3,(H,13,14,15);/q;+1/p-1. The molecule has 0 heterocycles. The molecule has 0 fully saturated rings. The third kappa shape index (κ3) is 8.48. The third-order valence-electron chi connectivity index (χ3n) is 2.77. The summed E-state index contributed by atoms with van der Waals surface area (Å²) in [6.45, 7) is 5.31. The van der Waals surface area contributed by atoms with Crippen LogP contribution in [0.15, 0.2) is 0 Å². The van der Waals surface area contributed by atoms with E-state index >= 15 is 0 Å². The largest absolute Gasteiger partial charge is 1.00 e. The zero-order valence-corrected chi connectivity index (χ0v) is 14.5. The summed E-state index contributed by atoms with van der Waals surface area (Å²) in [5, 5.41) is -1.62. The van der Waals surface area contributed by atoms with Crippen molar-refractivity contribution in [3.63, 3.8) is 0 Å². The topological polar surface area (TPSA) is 83.5 Å². The van der Waals surface area contributed by atoms with Crippen LogP contribution in [0.5, 0.6) is 0 Å². The summed E-state index contributed by atoms with van der Waals surface area (Å²) in [7, 11) is -4.60. The molecule has 0 spiro atoms. The van der Waals surface area contributed by atoms with E-state index in [-0.39, 0.29) is 42.1 Å². The maximum absolute atomic E-state index is 11.3. The molecule has 2 atom stereocenters. The predicted molar refractivity (Wildman–Crippen MR) is 63.4 cm³/mol. The Morgan fingerprint density at radius 2 is 1.89 bits per heavy atom. The zero-order chi connectivity index (χ0) is 13.5. The van der Waals surface area contributed by atoms with E-state index in [0.29, 0.717) is 0 Å². The number of ether oxygens (including phenoxy) is 1. The van der Waals surface area contributed by atoms with Crippen molar-refractivity contribution < 1.29 is 52.1 Å². The van der Waals surface area contributed by atoms with Gasteiger partial charge in [-0.2, -0.15) is 0 Å². The van der Waals surface area contributed by atoms with Crippen LogP contribution < -0.4 is 29.6 Å². The number of carbonyl (C=O) groups is 1. The average molecular weight is 288 g/mol. The molecular formula is C11H21NaO5S. The van der Waals surface area contributed by atoms with Crippen molar-refractivity contribution in [3.8, 4) is 0 Å². The second kappa shape index (κ2) is 10.2. The summed E-state index contributed by atoms with van der Waals surface area (Å²) < 4.78 is 36.7. The van der Waals surface area contributed by atoms with Crippen molar-refractivity contribution in [1.29, 1.82) is 0 Å². The number of esters is 1. The molecule has 0 aliphatic rings.